The Morgan fingerprint density at radius 1 is 1.18 bits per heavy atom. The van der Waals surface area contributed by atoms with E-state index in [1.165, 1.54) is 27.7 Å². The zero-order chi connectivity index (χ0) is 28.0. The minimum atomic E-state index is -0.478. The van der Waals surface area contributed by atoms with E-state index in [0.717, 1.165) is 69.9 Å². The van der Waals surface area contributed by atoms with E-state index in [1.807, 2.05) is 20.8 Å². The molecular formula is C32H46N4O3. The molecule has 1 saturated heterocycles. The van der Waals surface area contributed by atoms with E-state index in [4.69, 9.17) is 14.5 Å². The maximum absolute atomic E-state index is 12.5. The van der Waals surface area contributed by atoms with Gasteiger partial charge in [0.15, 0.2) is 0 Å². The third kappa shape index (κ3) is 7.83. The van der Waals surface area contributed by atoms with Crippen molar-refractivity contribution >= 4 is 17.0 Å². The first-order chi connectivity index (χ1) is 18.6. The van der Waals surface area contributed by atoms with Crippen molar-refractivity contribution in [1.82, 2.24) is 19.4 Å². The van der Waals surface area contributed by atoms with Gasteiger partial charge in [-0.2, -0.15) is 0 Å². The zero-order valence-electron chi connectivity index (χ0n) is 24.8. The summed E-state index contributed by atoms with van der Waals surface area (Å²) in [6, 6.07) is 4.54. The highest BCUT2D eigenvalue weighted by atomic mass is 16.6. The number of hydrogen-bond acceptors (Lipinski definition) is 5. The van der Waals surface area contributed by atoms with E-state index < -0.39 is 5.60 Å². The van der Waals surface area contributed by atoms with Crippen LogP contribution in [0.15, 0.2) is 47.6 Å². The minimum Gasteiger partial charge on any atom is -0.444 e. The highest BCUT2D eigenvalue weighted by Gasteiger charge is 2.24. The highest BCUT2D eigenvalue weighted by Crippen LogP contribution is 2.26. The first-order valence-electron chi connectivity index (χ1n) is 14.4. The Bertz CT molecular complexity index is 1240. The van der Waals surface area contributed by atoms with Gasteiger partial charge in [-0.1, -0.05) is 31.2 Å². The lowest BCUT2D eigenvalue weighted by Gasteiger charge is -2.29. The number of amides is 1. The monoisotopic (exact) mass is 534 g/mol. The van der Waals surface area contributed by atoms with E-state index in [1.54, 1.807) is 4.90 Å². The van der Waals surface area contributed by atoms with Gasteiger partial charge in [-0.15, -0.1) is 0 Å². The zero-order valence-corrected chi connectivity index (χ0v) is 24.8. The molecule has 0 N–H and O–H groups in total. The Morgan fingerprint density at radius 2 is 1.95 bits per heavy atom. The summed E-state index contributed by atoms with van der Waals surface area (Å²) in [4.78, 5) is 21.7. The molecule has 0 aliphatic carbocycles. The molecule has 1 fully saturated rings. The summed E-state index contributed by atoms with van der Waals surface area (Å²) in [5.41, 5.74) is 6.83. The first-order valence-corrected chi connectivity index (χ1v) is 14.4. The lowest BCUT2D eigenvalue weighted by atomic mass is 9.97. The molecule has 0 radical (unpaired) electrons. The number of allylic oxidation sites excluding steroid dienone is 4. The van der Waals surface area contributed by atoms with Crippen LogP contribution >= 0.6 is 0 Å². The van der Waals surface area contributed by atoms with Crippen LogP contribution in [-0.4, -0.2) is 77.0 Å². The van der Waals surface area contributed by atoms with Crippen LogP contribution in [0.3, 0.4) is 0 Å². The van der Waals surface area contributed by atoms with Crippen LogP contribution < -0.4 is 0 Å². The van der Waals surface area contributed by atoms with Gasteiger partial charge in [0.05, 0.1) is 24.4 Å². The van der Waals surface area contributed by atoms with Gasteiger partial charge in [0.25, 0.3) is 0 Å². The van der Waals surface area contributed by atoms with Crippen molar-refractivity contribution in [3.63, 3.8) is 0 Å². The van der Waals surface area contributed by atoms with Crippen molar-refractivity contribution in [2.75, 3.05) is 45.9 Å². The predicted octanol–water partition coefficient (Wildman–Crippen LogP) is 5.76. The molecule has 0 unspecified atom stereocenters. The maximum atomic E-state index is 12.5. The summed E-state index contributed by atoms with van der Waals surface area (Å²) < 4.78 is 13.4. The lowest BCUT2D eigenvalue weighted by molar-refractivity contribution is 0.0266. The number of nitrogens with zero attached hydrogens (tertiary/aromatic N) is 4. The molecule has 2 aromatic rings. The molecule has 7 heteroatoms. The van der Waals surface area contributed by atoms with Gasteiger partial charge >= 0.3 is 6.09 Å². The summed E-state index contributed by atoms with van der Waals surface area (Å²) in [5, 5.41) is 1.25. The fraction of sp³-hybridized carbons (Fsp3) is 0.562. The smallest absolute Gasteiger partial charge is 0.410 e. The minimum absolute atomic E-state index is 0.240. The van der Waals surface area contributed by atoms with Gasteiger partial charge < -0.3 is 18.9 Å². The van der Waals surface area contributed by atoms with Crippen LogP contribution in [0.1, 0.15) is 57.6 Å². The van der Waals surface area contributed by atoms with Gasteiger partial charge in [-0.05, 0) is 63.8 Å². The number of pyridine rings is 1. The van der Waals surface area contributed by atoms with Crippen molar-refractivity contribution in [2.24, 2.45) is 7.05 Å². The van der Waals surface area contributed by atoms with Crippen molar-refractivity contribution in [3.8, 4) is 0 Å². The summed E-state index contributed by atoms with van der Waals surface area (Å²) >= 11 is 0. The van der Waals surface area contributed by atoms with Gasteiger partial charge in [0, 0.05) is 69.4 Å². The molecular weight excluding hydrogens is 488 g/mol. The lowest BCUT2D eigenvalue weighted by Crippen LogP contribution is -2.39. The van der Waals surface area contributed by atoms with E-state index in [-0.39, 0.29) is 6.09 Å². The molecule has 2 aliphatic rings. The van der Waals surface area contributed by atoms with E-state index >= 15 is 0 Å². The van der Waals surface area contributed by atoms with E-state index in [0.29, 0.717) is 13.1 Å². The molecule has 0 spiro atoms. The topological polar surface area (TPSA) is 59.8 Å². The van der Waals surface area contributed by atoms with Crippen molar-refractivity contribution in [3.05, 3.63) is 64.7 Å². The second-order valence-electron chi connectivity index (χ2n) is 11.6. The second kappa shape index (κ2) is 13.0. The van der Waals surface area contributed by atoms with Gasteiger partial charge in [0.2, 0.25) is 0 Å². The molecule has 2 aliphatic heterocycles. The average Bonchev–Trinajstić information content (AvgIpc) is 3.22. The van der Waals surface area contributed by atoms with Crippen LogP contribution in [0.4, 0.5) is 4.79 Å². The average molecular weight is 535 g/mol. The van der Waals surface area contributed by atoms with Crippen LogP contribution in [0.5, 0.6) is 0 Å². The Balaban J connectivity index is 1.45. The van der Waals surface area contributed by atoms with Crippen LogP contribution in [0.2, 0.25) is 0 Å². The maximum Gasteiger partial charge on any atom is 0.410 e. The molecule has 212 valence electrons. The number of carbonyl (C=O) groups is 1. The Morgan fingerprint density at radius 3 is 2.62 bits per heavy atom. The predicted molar refractivity (Wildman–Crippen MR) is 158 cm³/mol. The highest BCUT2D eigenvalue weighted by molar-refractivity contribution is 5.84. The number of aryl methyl sites for hydroxylation is 2. The SMILES string of the molecule is CC/C=C(\C=C/Cc1nc(C)cc2c1cc(CCN1CCOCC1)n2C)C1=CCN(C(=O)OC(C)(C)C)CC1. The van der Waals surface area contributed by atoms with Crippen LogP contribution in [0, 0.1) is 6.92 Å². The van der Waals surface area contributed by atoms with Crippen molar-refractivity contribution in [1.29, 1.82) is 0 Å². The molecule has 39 heavy (non-hydrogen) atoms. The summed E-state index contributed by atoms with van der Waals surface area (Å²) in [6.07, 6.45) is 12.3. The van der Waals surface area contributed by atoms with E-state index in [2.05, 4.69) is 66.8 Å². The molecule has 4 heterocycles. The number of aromatic nitrogens is 2. The Kier molecular flexibility index (Phi) is 9.67. The molecule has 4 rings (SSSR count). The number of carbonyl (C=O) groups excluding carboxylic acids is 1. The molecule has 0 saturated carbocycles. The Hall–Kier alpha value is -2.90. The first kappa shape index (κ1) is 29.1. The molecule has 1 amide bonds. The standard InChI is InChI=1S/C32H46N4O3/c1-7-9-25(26-12-16-36(17-13-26)31(37)39-32(3,4)5)10-8-11-29-28-23-27(14-15-35-18-20-38-21-19-35)34(6)30(28)22-24(2)33-29/h8-10,12,22-23H,7,11,13-21H2,1-6H3/b10-8-,25-9+. The van der Waals surface area contributed by atoms with Crippen LogP contribution in [-0.2, 0) is 29.4 Å². The molecule has 0 bridgehead atoms. The normalized spacial score (nSPS) is 17.7. The number of ether oxygens (including phenoxy) is 2. The third-order valence-electron chi connectivity index (χ3n) is 7.40. The third-order valence-corrected chi connectivity index (χ3v) is 7.40. The number of morpholine rings is 1. The van der Waals surface area contributed by atoms with Gasteiger partial charge in [0.1, 0.15) is 5.60 Å². The molecule has 0 aromatic carbocycles. The van der Waals surface area contributed by atoms with Crippen LogP contribution in [0.25, 0.3) is 10.9 Å². The summed E-state index contributed by atoms with van der Waals surface area (Å²) in [5.74, 6) is 0. The van der Waals surface area contributed by atoms with Gasteiger partial charge in [-0.3, -0.25) is 9.88 Å². The van der Waals surface area contributed by atoms with Crippen molar-refractivity contribution < 1.29 is 14.3 Å². The molecule has 2 aromatic heterocycles. The molecule has 0 atom stereocenters. The number of fused-ring (bicyclic) bond motifs is 1. The fourth-order valence-electron chi connectivity index (χ4n) is 5.32. The fourth-order valence-corrected chi connectivity index (χ4v) is 5.32. The van der Waals surface area contributed by atoms with E-state index in [9.17, 15) is 4.79 Å². The quantitative estimate of drug-likeness (QED) is 0.403. The second-order valence-corrected chi connectivity index (χ2v) is 11.6. The number of hydrogen-bond donors (Lipinski definition) is 0. The largest absolute Gasteiger partial charge is 0.444 e. The number of rotatable bonds is 8. The summed E-state index contributed by atoms with van der Waals surface area (Å²) in [7, 11) is 2.17. The summed E-state index contributed by atoms with van der Waals surface area (Å²) in [6.45, 7) is 16.0. The van der Waals surface area contributed by atoms with Gasteiger partial charge in [-0.25, -0.2) is 4.79 Å². The molecule has 7 nitrogen and oxygen atoms in total. The Labute approximate surface area is 234 Å². The van der Waals surface area contributed by atoms with Crippen molar-refractivity contribution in [2.45, 2.75) is 65.9 Å².